The van der Waals surface area contributed by atoms with Crippen molar-refractivity contribution < 1.29 is 36.9 Å². The van der Waals surface area contributed by atoms with Gasteiger partial charge in [-0.25, -0.2) is 0 Å². The van der Waals surface area contributed by atoms with Crippen molar-refractivity contribution in [3.63, 3.8) is 0 Å². The maximum absolute atomic E-state index is 14.0. The molecule has 1 N–H and O–H groups in total. The molecule has 11 heteroatoms. The predicted octanol–water partition coefficient (Wildman–Crippen LogP) is 5.50. The molecule has 0 saturated heterocycles. The van der Waals surface area contributed by atoms with Crippen LogP contribution in [0.25, 0.3) is 12.7 Å². The van der Waals surface area contributed by atoms with Gasteiger partial charge in [-0.15, -0.1) is 11.3 Å². The third-order valence-electron chi connectivity index (χ3n) is 7.49. The summed E-state index contributed by atoms with van der Waals surface area (Å²) >= 11 is 1.07. The van der Waals surface area contributed by atoms with E-state index in [4.69, 9.17) is 18.9 Å². The number of alkyl halides is 3. The van der Waals surface area contributed by atoms with Crippen molar-refractivity contribution in [3.8, 4) is 17.2 Å². The van der Waals surface area contributed by atoms with Gasteiger partial charge in [0.2, 0.25) is 0 Å². The Morgan fingerprint density at radius 1 is 1.19 bits per heavy atom. The van der Waals surface area contributed by atoms with Crippen LogP contribution in [0.1, 0.15) is 66.5 Å². The molecule has 7 nitrogen and oxygen atoms in total. The first-order valence-electron chi connectivity index (χ1n) is 14.1. The van der Waals surface area contributed by atoms with E-state index >= 15 is 0 Å². The molecule has 0 bridgehead atoms. The maximum Gasteiger partial charge on any atom is 0.419 e. The van der Waals surface area contributed by atoms with Crippen molar-refractivity contribution >= 4 is 30.0 Å². The van der Waals surface area contributed by atoms with Crippen molar-refractivity contribution in [2.45, 2.75) is 72.1 Å². The Bertz CT molecular complexity index is 1680. The minimum Gasteiger partial charge on any atom is -0.493 e. The van der Waals surface area contributed by atoms with Gasteiger partial charge in [0.25, 0.3) is 5.56 Å². The van der Waals surface area contributed by atoms with Gasteiger partial charge in [0, 0.05) is 12.0 Å². The molecule has 3 aromatic rings. The molecular weight excluding hydrogens is 583 g/mol. The van der Waals surface area contributed by atoms with Crippen molar-refractivity contribution in [2.24, 2.45) is 0 Å². The molecule has 1 aromatic heterocycles. The number of aromatic amines is 1. The quantitative estimate of drug-likeness (QED) is 0.238. The molecule has 0 amide bonds. The Labute approximate surface area is 251 Å². The molecule has 1 aliphatic heterocycles. The lowest BCUT2D eigenvalue weighted by atomic mass is 9.87. The zero-order valence-corrected chi connectivity index (χ0v) is 25.8. The number of ether oxygens (including phenoxy) is 4. The Hall–Kier alpha value is -3.73. The van der Waals surface area contributed by atoms with Gasteiger partial charge >= 0.3 is 12.1 Å². The molecule has 1 aliphatic rings. The van der Waals surface area contributed by atoms with Gasteiger partial charge < -0.3 is 23.9 Å². The lowest BCUT2D eigenvalue weighted by molar-refractivity contribution is -0.143. The van der Waals surface area contributed by atoms with E-state index in [1.807, 2.05) is 27.7 Å². The van der Waals surface area contributed by atoms with Crippen molar-refractivity contribution in [2.75, 3.05) is 19.8 Å². The summed E-state index contributed by atoms with van der Waals surface area (Å²) < 4.78 is 66.1. The zero-order valence-electron chi connectivity index (χ0n) is 25.0. The van der Waals surface area contributed by atoms with Crippen LogP contribution >= 0.6 is 11.3 Å². The second kappa shape index (κ2) is 12.9. The number of thiazole rings is 1. The zero-order chi connectivity index (χ0) is 31.5. The molecule has 1 atom stereocenters. The molecule has 0 aliphatic carbocycles. The Morgan fingerprint density at radius 3 is 2.58 bits per heavy atom. The number of hydrogen-bond acceptors (Lipinski definition) is 7. The van der Waals surface area contributed by atoms with Gasteiger partial charge in [-0.05, 0) is 94.3 Å². The van der Waals surface area contributed by atoms with Crippen molar-refractivity contribution in [1.82, 2.24) is 4.98 Å². The third kappa shape index (κ3) is 7.44. The first-order chi connectivity index (χ1) is 20.2. The van der Waals surface area contributed by atoms with E-state index in [0.717, 1.165) is 45.4 Å². The fourth-order valence-corrected chi connectivity index (χ4v) is 5.83. The van der Waals surface area contributed by atoms with Gasteiger partial charge in [0.05, 0.1) is 28.0 Å². The number of benzene rings is 2. The fourth-order valence-electron chi connectivity index (χ4n) is 5.08. The van der Waals surface area contributed by atoms with Crippen molar-refractivity contribution in [1.29, 1.82) is 0 Å². The highest BCUT2D eigenvalue weighted by Gasteiger charge is 2.38. The van der Waals surface area contributed by atoms with Crippen LogP contribution in [-0.2, 0) is 22.1 Å². The van der Waals surface area contributed by atoms with Crippen LogP contribution in [-0.4, -0.2) is 36.4 Å². The monoisotopic (exact) mass is 619 g/mol. The summed E-state index contributed by atoms with van der Waals surface area (Å²) in [6.07, 6.45) is -1.32. The topological polar surface area (TPSA) is 86.9 Å². The van der Waals surface area contributed by atoms with Crippen LogP contribution in [0.3, 0.4) is 0 Å². The van der Waals surface area contributed by atoms with Crippen molar-refractivity contribution in [3.05, 3.63) is 71.1 Å². The van der Waals surface area contributed by atoms with Crippen LogP contribution in [0, 0.1) is 20.8 Å². The number of hydrogen-bond donors (Lipinski definition) is 1. The number of H-pyrrole nitrogens is 1. The van der Waals surface area contributed by atoms with E-state index in [2.05, 4.69) is 11.6 Å². The van der Waals surface area contributed by atoms with E-state index < -0.39 is 22.9 Å². The highest BCUT2D eigenvalue weighted by atomic mass is 32.1. The second-order valence-corrected chi connectivity index (χ2v) is 12.0. The average Bonchev–Trinajstić information content (AvgIpc) is 3.26. The summed E-state index contributed by atoms with van der Waals surface area (Å²) in [6, 6.07) is 3.73. The van der Waals surface area contributed by atoms with Crippen LogP contribution in [0.4, 0.5) is 13.2 Å². The fraction of sp³-hybridized carbons (Fsp3) is 0.438. The number of halogens is 3. The minimum absolute atomic E-state index is 0.0995. The number of aromatic nitrogens is 1. The molecule has 2 heterocycles. The number of esters is 1. The lowest BCUT2D eigenvalue weighted by Crippen LogP contribution is -2.42. The molecule has 4 rings (SSSR count). The smallest absolute Gasteiger partial charge is 0.419 e. The highest BCUT2D eigenvalue weighted by Crippen LogP contribution is 2.44. The van der Waals surface area contributed by atoms with Gasteiger partial charge in [0.15, 0.2) is 0 Å². The van der Waals surface area contributed by atoms with E-state index in [9.17, 15) is 22.8 Å². The Kier molecular flexibility index (Phi) is 9.63. The summed E-state index contributed by atoms with van der Waals surface area (Å²) in [5.74, 6) is 0.883. The Morgan fingerprint density at radius 2 is 1.93 bits per heavy atom. The number of rotatable bonds is 10. The second-order valence-electron chi connectivity index (χ2n) is 10.9. The lowest BCUT2D eigenvalue weighted by Gasteiger charge is -2.38. The van der Waals surface area contributed by atoms with Gasteiger partial charge in [-0.2, -0.15) is 13.2 Å². The van der Waals surface area contributed by atoms with Crippen LogP contribution < -0.4 is 29.0 Å². The third-order valence-corrected chi connectivity index (χ3v) is 8.36. The van der Waals surface area contributed by atoms with Crippen LogP contribution in [0.15, 0.2) is 23.0 Å². The summed E-state index contributed by atoms with van der Waals surface area (Å²) in [5.41, 5.74) is 1.74. The largest absolute Gasteiger partial charge is 0.493 e. The summed E-state index contributed by atoms with van der Waals surface area (Å²) in [4.78, 5) is 26.1. The predicted molar refractivity (Wildman–Crippen MR) is 160 cm³/mol. The molecule has 232 valence electrons. The Balaban J connectivity index is 1.51. The molecule has 0 spiro atoms. The molecular formula is C32H36F3NO6S. The van der Waals surface area contributed by atoms with Crippen LogP contribution in [0.5, 0.6) is 17.2 Å². The number of carbonyl (C=O) groups is 1. The van der Waals surface area contributed by atoms with E-state index in [0.29, 0.717) is 42.9 Å². The molecule has 0 unspecified atom stereocenters. The summed E-state index contributed by atoms with van der Waals surface area (Å²) in [6.45, 7) is 13.7. The average molecular weight is 620 g/mol. The van der Waals surface area contributed by atoms with Gasteiger partial charge in [0.1, 0.15) is 29.5 Å². The van der Waals surface area contributed by atoms with Gasteiger partial charge in [-0.1, -0.05) is 12.6 Å². The first kappa shape index (κ1) is 32.2. The van der Waals surface area contributed by atoms with E-state index in [1.54, 1.807) is 6.92 Å². The number of nitrogens with one attached hydrogen (secondary N) is 1. The molecule has 0 saturated carbocycles. The molecule has 43 heavy (non-hydrogen) atoms. The molecule has 0 fully saturated rings. The van der Waals surface area contributed by atoms with Crippen LogP contribution in [0.2, 0.25) is 0 Å². The van der Waals surface area contributed by atoms with Gasteiger partial charge in [-0.3, -0.25) is 9.59 Å². The summed E-state index contributed by atoms with van der Waals surface area (Å²) in [5, 5.41) is 0. The SMILES string of the molecule is C=c1[nH]c(=O)/c(=C\c2ccc(OC[C@]3(C)CCc4c(C)c(OCCCC(=O)OCC)c(C)c(C)c4O3)c(C(F)(F)F)c2)s1. The summed E-state index contributed by atoms with van der Waals surface area (Å²) in [7, 11) is 0. The number of fused-ring (bicyclic) bond motifs is 1. The van der Waals surface area contributed by atoms with E-state index in [1.165, 1.54) is 18.2 Å². The minimum atomic E-state index is -4.67. The highest BCUT2D eigenvalue weighted by molar-refractivity contribution is 7.07. The maximum atomic E-state index is 14.0. The standard InChI is InChI=1S/C32H36F3NO6S/c1-7-39-27(37)9-8-14-40-28-18(2)19(3)29-23(20(28)4)12-13-31(6,42-29)17-41-25-11-10-22(15-24(25)32(33,34)35)16-26-30(38)36-21(5)43-26/h10-11,15-16H,5,7-9,12-14,17H2,1-4,6H3,(H,36,38)/b26-16+/t31-/m0/s1. The van der Waals surface area contributed by atoms with E-state index in [-0.39, 0.29) is 34.8 Å². The first-order valence-corrected chi connectivity index (χ1v) is 14.9. The molecule has 2 aromatic carbocycles. The molecule has 0 radical (unpaired) electrons. The number of carbonyl (C=O) groups excluding carboxylic acids is 1. The normalized spacial score (nSPS) is 16.9.